The number of rotatable bonds is 5. The minimum Gasteiger partial charge on any atom is -0.506 e. The topological polar surface area (TPSA) is 116 Å². The van der Waals surface area contributed by atoms with Gasteiger partial charge in [-0.3, -0.25) is 4.57 Å². The summed E-state index contributed by atoms with van der Waals surface area (Å²) in [7, 11) is 0.958. The molecule has 1 saturated carbocycles. The van der Waals surface area contributed by atoms with Crippen molar-refractivity contribution in [1.82, 2.24) is 19.5 Å². The van der Waals surface area contributed by atoms with Crippen LogP contribution < -0.4 is 9.64 Å². The molecule has 3 aromatic heterocycles. The average molecular weight is 628 g/mol. The molecule has 1 aliphatic heterocycles. The fourth-order valence-electron chi connectivity index (χ4n) is 6.58. The highest BCUT2D eigenvalue weighted by Crippen LogP contribution is 2.42. The van der Waals surface area contributed by atoms with Crippen LogP contribution in [-0.4, -0.2) is 57.2 Å². The van der Waals surface area contributed by atoms with Crippen LogP contribution in [0.5, 0.6) is 11.8 Å². The molecule has 2 aromatic carbocycles. The van der Waals surface area contributed by atoms with Crippen molar-refractivity contribution < 1.29 is 37.3 Å². The van der Waals surface area contributed by atoms with Gasteiger partial charge in [0.05, 0.1) is 19.2 Å². The zero-order valence-electron chi connectivity index (χ0n) is 25.3. The second-order valence-electron chi connectivity index (χ2n) is 11.4. The highest BCUT2D eigenvalue weighted by molar-refractivity contribution is 6.05. The van der Waals surface area contributed by atoms with Gasteiger partial charge in [0.25, 0.3) is 12.4 Å². The first-order chi connectivity index (χ1) is 21.8. The van der Waals surface area contributed by atoms with Gasteiger partial charge in [-0.05, 0) is 54.5 Å². The van der Waals surface area contributed by atoms with E-state index in [1.165, 1.54) is 6.42 Å². The van der Waals surface area contributed by atoms with Crippen molar-refractivity contribution in [2.75, 3.05) is 18.6 Å². The van der Waals surface area contributed by atoms with Gasteiger partial charge in [-0.25, -0.2) is 18.7 Å². The van der Waals surface area contributed by atoms with Crippen LogP contribution in [0.1, 0.15) is 64.2 Å². The molecule has 2 fully saturated rings. The third-order valence-electron chi connectivity index (χ3n) is 8.55. The minimum absolute atomic E-state index is 0.0540. The smallest absolute Gasteiger partial charge is 0.298 e. The number of alkyl halides is 2. The molecule has 0 bridgehead atoms. The Morgan fingerprint density at radius 2 is 1.78 bits per heavy atom. The summed E-state index contributed by atoms with van der Waals surface area (Å²) in [6, 6.07) is 13.3. The minimum atomic E-state index is -2.81. The number of para-hydroxylation sites is 2. The number of benzene rings is 2. The van der Waals surface area contributed by atoms with Crippen molar-refractivity contribution in [3.05, 3.63) is 48.3 Å². The molecule has 1 aliphatic carbocycles. The van der Waals surface area contributed by atoms with Gasteiger partial charge in [-0.2, -0.15) is 9.93 Å². The zero-order chi connectivity index (χ0) is 32.2. The van der Waals surface area contributed by atoms with Crippen molar-refractivity contribution in [3.8, 4) is 11.8 Å². The number of hydrogen-bond acceptors (Lipinski definition) is 9. The van der Waals surface area contributed by atoms with E-state index in [0.29, 0.717) is 63.8 Å². The monoisotopic (exact) mass is 627 g/mol. The van der Waals surface area contributed by atoms with E-state index in [-0.39, 0.29) is 23.9 Å². The molecule has 2 aliphatic rings. The maximum absolute atomic E-state index is 13.9. The second-order valence-corrected chi connectivity index (χ2v) is 11.4. The van der Waals surface area contributed by atoms with Crippen LogP contribution in [-0.2, 0) is 9.74 Å². The summed E-state index contributed by atoms with van der Waals surface area (Å²) in [4.78, 5) is 26.0. The number of ether oxygens (including phenoxy) is 1. The van der Waals surface area contributed by atoms with E-state index >= 15 is 0 Å². The average Bonchev–Trinajstić information content (AvgIpc) is 3.71. The Balaban J connectivity index is 0.000000757. The van der Waals surface area contributed by atoms with Gasteiger partial charge < -0.3 is 24.0 Å². The highest BCUT2D eigenvalue weighted by Gasteiger charge is 2.37. The molecule has 45 heavy (non-hydrogen) atoms. The molecule has 4 atom stereocenters. The number of phenolic OH excluding ortho intramolecular Hbond substituents is 1. The molecule has 0 amide bonds. The molecule has 5 aromatic rings. The van der Waals surface area contributed by atoms with Gasteiger partial charge in [0.2, 0.25) is 0 Å². The first-order valence-corrected chi connectivity index (χ1v) is 14.8. The summed E-state index contributed by atoms with van der Waals surface area (Å²) in [5.41, 5.74) is 2.74. The summed E-state index contributed by atoms with van der Waals surface area (Å²) >= 11 is 0. The molecule has 7 rings (SSSR count). The highest BCUT2D eigenvalue weighted by atomic mass is 19.3. The predicted octanol–water partition coefficient (Wildman–Crippen LogP) is 7.50. The van der Waals surface area contributed by atoms with Crippen molar-refractivity contribution in [2.24, 2.45) is 5.92 Å². The summed E-state index contributed by atoms with van der Waals surface area (Å²) in [5.74, 6) is 0.436. The number of aromatic hydroxyl groups is 1. The zero-order valence-corrected chi connectivity index (χ0v) is 25.3. The lowest BCUT2D eigenvalue weighted by Gasteiger charge is -2.31. The Labute approximate surface area is 257 Å². The number of anilines is 1. The lowest BCUT2D eigenvalue weighted by molar-refractivity contribution is -0.0980. The van der Waals surface area contributed by atoms with Crippen molar-refractivity contribution in [2.45, 2.75) is 70.6 Å². The van der Waals surface area contributed by atoms with E-state index in [2.05, 4.69) is 26.4 Å². The summed E-state index contributed by atoms with van der Waals surface area (Å²) < 4.78 is 52.3. The fourth-order valence-corrected chi connectivity index (χ4v) is 6.58. The molecular formula is C32H36F3N5O5. The van der Waals surface area contributed by atoms with Crippen LogP contribution in [0.2, 0.25) is 0 Å². The van der Waals surface area contributed by atoms with Crippen molar-refractivity contribution >= 4 is 45.7 Å². The van der Waals surface area contributed by atoms with E-state index in [9.17, 15) is 18.4 Å². The summed E-state index contributed by atoms with van der Waals surface area (Å²) in [6.07, 6.45) is 1.97. The second kappa shape index (κ2) is 13.7. The lowest BCUT2D eigenvalue weighted by atomic mass is 9.85. The lowest BCUT2D eigenvalue weighted by Crippen LogP contribution is -2.30. The van der Waals surface area contributed by atoms with Crippen molar-refractivity contribution in [3.63, 3.8) is 0 Å². The number of carbonyl (C=O) groups excluding carboxylic acids is 1. The van der Waals surface area contributed by atoms with Crippen LogP contribution in [0.4, 0.5) is 19.1 Å². The van der Waals surface area contributed by atoms with Crippen LogP contribution in [0.25, 0.3) is 33.1 Å². The maximum atomic E-state index is 13.9. The number of carbonyl (C=O) groups is 1. The number of aromatic nitrogens is 4. The number of hydrogen-bond donors (Lipinski definition) is 1. The SMILES string of the molecule is C=O.COF.C[C@@H]1C[C@H](Oc2nc3cccc(O)c3n2C2CCCC[C@@H]2C)CN1c1nc(C(F)F)nc2c1oc1ccccc12. The molecule has 240 valence electrons. The number of halogens is 3. The van der Waals surface area contributed by atoms with E-state index < -0.39 is 12.2 Å². The molecular weight excluding hydrogens is 591 g/mol. The summed E-state index contributed by atoms with van der Waals surface area (Å²) in [6.45, 7) is 6.69. The number of furan rings is 1. The third-order valence-corrected chi connectivity index (χ3v) is 8.55. The van der Waals surface area contributed by atoms with Gasteiger partial charge >= 0.3 is 0 Å². The van der Waals surface area contributed by atoms with Crippen LogP contribution in [0.3, 0.4) is 0 Å². The molecule has 0 radical (unpaired) electrons. The Morgan fingerprint density at radius 1 is 1.04 bits per heavy atom. The number of imidazole rings is 1. The fraction of sp³-hybridized carbons (Fsp3) is 0.438. The van der Waals surface area contributed by atoms with Gasteiger partial charge in [-0.15, -0.1) is 0 Å². The van der Waals surface area contributed by atoms with Crippen LogP contribution in [0, 0.1) is 5.92 Å². The normalized spacial score (nSPS) is 21.5. The quantitative estimate of drug-likeness (QED) is 0.211. The first-order valence-electron chi connectivity index (χ1n) is 14.8. The Morgan fingerprint density at radius 3 is 2.51 bits per heavy atom. The largest absolute Gasteiger partial charge is 0.506 e. The van der Waals surface area contributed by atoms with Crippen LogP contribution in [0.15, 0.2) is 46.9 Å². The van der Waals surface area contributed by atoms with Gasteiger partial charge in [0.15, 0.2) is 17.2 Å². The predicted molar refractivity (Wildman–Crippen MR) is 163 cm³/mol. The maximum Gasteiger partial charge on any atom is 0.298 e. The Kier molecular flexibility index (Phi) is 9.76. The molecule has 13 heteroatoms. The van der Waals surface area contributed by atoms with Crippen molar-refractivity contribution in [1.29, 1.82) is 0 Å². The molecule has 4 heterocycles. The standard InChI is InChI=1S/C30H31F2N5O3.CH3FO.CH2O/c1-16-8-3-5-11-21(16)37-25-20(10-7-12-22(25)38)33-30(37)39-18-14-17(2)36(15-18)29-26-24(34-28(35-29)27(31)32)19-9-4-6-13-23(19)40-26;1-3-2;1-2/h4,6-7,9-10,12-13,16-18,21,27,38H,3,5,8,11,14-15H2,1-2H3;1H3;1H2/t16-,17+,18-,21?;;/m0../s1. The first kappa shape index (κ1) is 32.0. The number of nitrogens with zero attached hydrogens (tertiary/aromatic N) is 5. The molecule has 1 unspecified atom stereocenters. The summed E-state index contributed by atoms with van der Waals surface area (Å²) in [5, 5.41) is 11.5. The van der Waals surface area contributed by atoms with E-state index in [4.69, 9.17) is 18.9 Å². The van der Waals surface area contributed by atoms with E-state index in [1.54, 1.807) is 18.2 Å². The Bertz CT molecular complexity index is 1760. The Hall–Kier alpha value is -4.39. The third kappa shape index (κ3) is 6.13. The van der Waals surface area contributed by atoms with Gasteiger partial charge in [0.1, 0.15) is 35.3 Å². The molecule has 1 N–H and O–H groups in total. The van der Waals surface area contributed by atoms with Crippen LogP contribution >= 0.6 is 0 Å². The molecule has 1 saturated heterocycles. The van der Waals surface area contributed by atoms with E-state index in [1.807, 2.05) is 42.9 Å². The molecule has 10 nitrogen and oxygen atoms in total. The van der Waals surface area contributed by atoms with Gasteiger partial charge in [0, 0.05) is 23.9 Å². The molecule has 0 spiro atoms. The van der Waals surface area contributed by atoms with Gasteiger partial charge in [-0.1, -0.05) is 38.0 Å². The number of fused-ring (bicyclic) bond motifs is 4. The van der Waals surface area contributed by atoms with E-state index in [0.717, 1.165) is 26.4 Å². The number of phenols is 1.